The average molecular weight is 208 g/mol. The molecule has 2 aliphatic heterocycles. The highest BCUT2D eigenvalue weighted by molar-refractivity contribution is 8.03. The van der Waals surface area contributed by atoms with Crippen LogP contribution in [0.25, 0.3) is 0 Å². The number of rotatable bonds is 0. The zero-order chi connectivity index (χ0) is 7.68. The van der Waals surface area contributed by atoms with Crippen LogP contribution in [0.4, 0.5) is 0 Å². The third kappa shape index (κ3) is 1.96. The molecule has 0 radical (unpaired) electrons. The molecule has 0 aliphatic carbocycles. The lowest BCUT2D eigenvalue weighted by molar-refractivity contribution is 0.201. The summed E-state index contributed by atoms with van der Waals surface area (Å²) in [5, 5.41) is 12.9. The number of hydrogen-bond donors (Lipinski definition) is 2. The van der Waals surface area contributed by atoms with Crippen molar-refractivity contribution in [2.45, 2.75) is 18.9 Å². The molecule has 0 aromatic heterocycles. The van der Waals surface area contributed by atoms with E-state index in [0.29, 0.717) is 0 Å². The van der Waals surface area contributed by atoms with Crippen LogP contribution >= 0.6 is 24.2 Å². The lowest BCUT2D eigenvalue weighted by atomic mass is 10.0. The van der Waals surface area contributed by atoms with Gasteiger partial charge in [-0.15, -0.1) is 24.2 Å². The Labute approximate surface area is 83.2 Å². The van der Waals surface area contributed by atoms with Crippen molar-refractivity contribution in [1.29, 1.82) is 0 Å². The zero-order valence-corrected chi connectivity index (χ0v) is 8.51. The van der Waals surface area contributed by atoms with Gasteiger partial charge in [0, 0.05) is 12.3 Å². The van der Waals surface area contributed by atoms with Gasteiger partial charge in [-0.1, -0.05) is 0 Å². The first-order valence-corrected chi connectivity index (χ1v) is 5.10. The van der Waals surface area contributed by atoms with Gasteiger partial charge in [-0.2, -0.15) is 0 Å². The molecular formula is C8H14ClNOS. The molecule has 0 saturated heterocycles. The number of nitrogens with one attached hydrogen (secondary N) is 1. The Morgan fingerprint density at radius 1 is 1.50 bits per heavy atom. The van der Waals surface area contributed by atoms with Gasteiger partial charge in [-0.3, -0.25) is 0 Å². The van der Waals surface area contributed by atoms with E-state index in [1.54, 1.807) is 0 Å². The molecule has 1 atom stereocenters. The van der Waals surface area contributed by atoms with E-state index in [2.05, 4.69) is 5.32 Å². The lowest BCUT2D eigenvalue weighted by Crippen LogP contribution is -2.32. The summed E-state index contributed by atoms with van der Waals surface area (Å²) in [5.74, 6) is 1.10. The zero-order valence-electron chi connectivity index (χ0n) is 6.88. The van der Waals surface area contributed by atoms with Gasteiger partial charge < -0.3 is 10.4 Å². The molecule has 0 fully saturated rings. The smallest absolute Gasteiger partial charge is 0.0781 e. The van der Waals surface area contributed by atoms with E-state index in [1.165, 1.54) is 10.5 Å². The van der Waals surface area contributed by atoms with Crippen molar-refractivity contribution in [3.05, 3.63) is 10.5 Å². The second kappa shape index (κ2) is 4.51. The van der Waals surface area contributed by atoms with E-state index in [0.717, 1.165) is 31.7 Å². The molecule has 4 heteroatoms. The van der Waals surface area contributed by atoms with E-state index in [9.17, 15) is 5.11 Å². The summed E-state index contributed by atoms with van der Waals surface area (Å²) in [6, 6.07) is 0. The first kappa shape index (κ1) is 10.4. The third-order valence-electron chi connectivity index (χ3n) is 2.27. The molecule has 0 amide bonds. The molecule has 0 saturated carbocycles. The van der Waals surface area contributed by atoms with Crippen molar-refractivity contribution in [1.82, 2.24) is 5.32 Å². The van der Waals surface area contributed by atoms with E-state index >= 15 is 0 Å². The van der Waals surface area contributed by atoms with Crippen LogP contribution in [-0.2, 0) is 0 Å². The summed E-state index contributed by atoms with van der Waals surface area (Å²) in [6.45, 7) is 1.99. The molecule has 2 rings (SSSR count). The van der Waals surface area contributed by atoms with Crippen molar-refractivity contribution in [3.63, 3.8) is 0 Å². The average Bonchev–Trinajstić information content (AvgIpc) is 2.06. The van der Waals surface area contributed by atoms with Crippen LogP contribution in [0.2, 0.25) is 0 Å². The molecule has 2 N–H and O–H groups in total. The summed E-state index contributed by atoms with van der Waals surface area (Å²) in [5.41, 5.74) is 1.26. The summed E-state index contributed by atoms with van der Waals surface area (Å²) in [4.78, 5) is 1.45. The predicted molar refractivity (Wildman–Crippen MR) is 54.8 cm³/mol. The molecule has 0 bridgehead atoms. The lowest BCUT2D eigenvalue weighted by Gasteiger charge is -2.28. The van der Waals surface area contributed by atoms with Crippen molar-refractivity contribution >= 4 is 24.2 Å². The number of thioether (sulfide) groups is 1. The topological polar surface area (TPSA) is 32.3 Å². The van der Waals surface area contributed by atoms with Gasteiger partial charge in [0.1, 0.15) is 0 Å². The minimum Gasteiger partial charge on any atom is -0.389 e. The standard InChI is InChI=1S/C8H13NOS.ClH/c10-7-2-4-11-8-1-3-9-5-6(7)8;/h7,9-10H,1-5H2;1H. The van der Waals surface area contributed by atoms with Gasteiger partial charge in [0.05, 0.1) is 6.10 Å². The van der Waals surface area contributed by atoms with Gasteiger partial charge >= 0.3 is 0 Å². The SMILES string of the molecule is Cl.OC1CCSC2=C1CNCC2. The molecule has 70 valence electrons. The van der Waals surface area contributed by atoms with E-state index < -0.39 is 0 Å². The summed E-state index contributed by atoms with van der Waals surface area (Å²) >= 11 is 1.93. The molecule has 0 aromatic rings. The first-order chi connectivity index (χ1) is 5.38. The highest BCUT2D eigenvalue weighted by Gasteiger charge is 2.23. The molecule has 1 unspecified atom stereocenters. The minimum atomic E-state index is -0.154. The maximum Gasteiger partial charge on any atom is 0.0781 e. The Balaban J connectivity index is 0.000000720. The first-order valence-electron chi connectivity index (χ1n) is 4.11. The van der Waals surface area contributed by atoms with Gasteiger partial charge in [0.2, 0.25) is 0 Å². The minimum absolute atomic E-state index is 0. The van der Waals surface area contributed by atoms with Crippen molar-refractivity contribution < 1.29 is 5.11 Å². The monoisotopic (exact) mass is 207 g/mol. The van der Waals surface area contributed by atoms with Gasteiger partial charge in [0.15, 0.2) is 0 Å². The molecule has 0 aromatic carbocycles. The fourth-order valence-corrected chi connectivity index (χ4v) is 2.85. The van der Waals surface area contributed by atoms with Gasteiger partial charge in [-0.25, -0.2) is 0 Å². The molecule has 2 aliphatic rings. The number of aliphatic hydroxyl groups is 1. The predicted octanol–water partition coefficient (Wildman–Crippen LogP) is 1.15. The Morgan fingerprint density at radius 2 is 2.33 bits per heavy atom. The molecule has 0 spiro atoms. The van der Waals surface area contributed by atoms with Crippen LogP contribution in [-0.4, -0.2) is 30.1 Å². The summed E-state index contributed by atoms with van der Waals surface area (Å²) < 4.78 is 0. The van der Waals surface area contributed by atoms with E-state index in [-0.39, 0.29) is 18.5 Å². The number of halogens is 1. The fraction of sp³-hybridized carbons (Fsp3) is 0.750. The number of aliphatic hydroxyl groups excluding tert-OH is 1. The van der Waals surface area contributed by atoms with Crippen LogP contribution in [0.3, 0.4) is 0 Å². The summed E-state index contributed by atoms with van der Waals surface area (Å²) in [7, 11) is 0. The van der Waals surface area contributed by atoms with Crippen LogP contribution in [0.5, 0.6) is 0 Å². The molecular weight excluding hydrogens is 194 g/mol. The normalized spacial score (nSPS) is 29.2. The van der Waals surface area contributed by atoms with Crippen LogP contribution < -0.4 is 5.32 Å². The van der Waals surface area contributed by atoms with E-state index in [4.69, 9.17) is 0 Å². The Kier molecular flexibility index (Phi) is 3.90. The Bertz CT molecular complexity index is 191. The van der Waals surface area contributed by atoms with Crippen molar-refractivity contribution in [2.75, 3.05) is 18.8 Å². The number of hydrogen-bond acceptors (Lipinski definition) is 3. The molecule has 2 nitrogen and oxygen atoms in total. The summed E-state index contributed by atoms with van der Waals surface area (Å²) in [6.07, 6.45) is 1.90. The third-order valence-corrected chi connectivity index (χ3v) is 3.53. The molecule has 2 heterocycles. The Morgan fingerprint density at radius 3 is 3.08 bits per heavy atom. The second-order valence-electron chi connectivity index (χ2n) is 3.03. The highest BCUT2D eigenvalue weighted by Crippen LogP contribution is 2.33. The fourth-order valence-electron chi connectivity index (χ4n) is 1.62. The maximum atomic E-state index is 9.59. The highest BCUT2D eigenvalue weighted by atomic mass is 35.5. The van der Waals surface area contributed by atoms with Crippen LogP contribution in [0.1, 0.15) is 12.8 Å². The van der Waals surface area contributed by atoms with Crippen LogP contribution in [0, 0.1) is 0 Å². The van der Waals surface area contributed by atoms with Crippen LogP contribution in [0.15, 0.2) is 10.5 Å². The Hall–Kier alpha value is 0.300. The largest absolute Gasteiger partial charge is 0.389 e. The van der Waals surface area contributed by atoms with Crippen molar-refractivity contribution in [2.24, 2.45) is 0 Å². The maximum absolute atomic E-state index is 9.59. The quantitative estimate of drug-likeness (QED) is 0.625. The van der Waals surface area contributed by atoms with E-state index in [1.807, 2.05) is 11.8 Å². The van der Waals surface area contributed by atoms with Gasteiger partial charge in [-0.05, 0) is 29.9 Å². The van der Waals surface area contributed by atoms with Crippen molar-refractivity contribution in [3.8, 4) is 0 Å². The molecule has 12 heavy (non-hydrogen) atoms. The van der Waals surface area contributed by atoms with Gasteiger partial charge in [0.25, 0.3) is 0 Å². The second-order valence-corrected chi connectivity index (χ2v) is 4.22.